The second-order valence-electron chi connectivity index (χ2n) is 3.98. The standard InChI is InChI=1S/C12H15F3N2O4/c1-19-7-3-8(20-2)5-9(4-7)21-6-10(11(16)17-18)12(13,14)15/h3-5,10,18H,6H2,1-2H3,(H2,16,17). The molecule has 0 aliphatic heterocycles. The van der Waals surface area contributed by atoms with E-state index >= 15 is 0 Å². The minimum atomic E-state index is -4.70. The van der Waals surface area contributed by atoms with Crippen molar-refractivity contribution < 1.29 is 32.6 Å². The maximum absolute atomic E-state index is 12.7. The Hall–Kier alpha value is -2.32. The van der Waals surface area contributed by atoms with E-state index in [-0.39, 0.29) is 5.75 Å². The van der Waals surface area contributed by atoms with Crippen molar-refractivity contribution in [3.63, 3.8) is 0 Å². The summed E-state index contributed by atoms with van der Waals surface area (Å²) in [6, 6.07) is 4.32. The molecule has 0 saturated heterocycles. The van der Waals surface area contributed by atoms with Crippen molar-refractivity contribution in [2.75, 3.05) is 20.8 Å². The Labute approximate surface area is 118 Å². The molecule has 0 spiro atoms. The third-order valence-electron chi connectivity index (χ3n) is 2.61. The first kappa shape index (κ1) is 16.7. The smallest absolute Gasteiger partial charge is 0.402 e. The van der Waals surface area contributed by atoms with Crippen LogP contribution in [0.2, 0.25) is 0 Å². The van der Waals surface area contributed by atoms with Crippen molar-refractivity contribution in [2.24, 2.45) is 16.8 Å². The van der Waals surface area contributed by atoms with Crippen LogP contribution in [-0.2, 0) is 0 Å². The molecule has 9 heteroatoms. The number of alkyl halides is 3. The number of rotatable bonds is 6. The van der Waals surface area contributed by atoms with Crippen LogP contribution in [0.5, 0.6) is 17.2 Å². The molecule has 0 radical (unpaired) electrons. The van der Waals surface area contributed by atoms with E-state index in [1.807, 2.05) is 0 Å². The second-order valence-corrected chi connectivity index (χ2v) is 3.98. The summed E-state index contributed by atoms with van der Waals surface area (Å²) in [6.07, 6.45) is -4.70. The van der Waals surface area contributed by atoms with Crippen LogP contribution in [0.15, 0.2) is 23.4 Å². The number of hydrogen-bond acceptors (Lipinski definition) is 5. The normalized spacial score (nSPS) is 13.7. The zero-order valence-electron chi connectivity index (χ0n) is 11.3. The Morgan fingerprint density at radius 1 is 1.19 bits per heavy atom. The fraction of sp³-hybridized carbons (Fsp3) is 0.417. The number of hydrogen-bond donors (Lipinski definition) is 2. The molecule has 0 aromatic heterocycles. The van der Waals surface area contributed by atoms with Crippen molar-refractivity contribution in [1.29, 1.82) is 0 Å². The van der Waals surface area contributed by atoms with Crippen LogP contribution in [0.3, 0.4) is 0 Å². The first-order valence-corrected chi connectivity index (χ1v) is 5.71. The number of nitrogens with zero attached hydrogens (tertiary/aromatic N) is 1. The van der Waals surface area contributed by atoms with Gasteiger partial charge in [0.05, 0.1) is 14.2 Å². The average molecular weight is 308 g/mol. The lowest BCUT2D eigenvalue weighted by Crippen LogP contribution is -2.40. The molecule has 21 heavy (non-hydrogen) atoms. The summed E-state index contributed by atoms with van der Waals surface area (Å²) in [4.78, 5) is 0. The number of benzene rings is 1. The van der Waals surface area contributed by atoms with Gasteiger partial charge in [-0.1, -0.05) is 5.16 Å². The molecule has 1 aromatic rings. The Kier molecular flexibility index (Phi) is 5.51. The molecule has 0 bridgehead atoms. The molecule has 0 fully saturated rings. The lowest BCUT2D eigenvalue weighted by Gasteiger charge is -2.19. The third kappa shape index (κ3) is 4.62. The zero-order chi connectivity index (χ0) is 16.0. The molecule has 6 nitrogen and oxygen atoms in total. The maximum Gasteiger partial charge on any atom is 0.402 e. The SMILES string of the molecule is COc1cc(OC)cc(OCC(/C(N)=N/O)C(F)(F)F)c1. The topological polar surface area (TPSA) is 86.3 Å². The fourth-order valence-electron chi connectivity index (χ4n) is 1.46. The Bertz CT molecular complexity index is 484. The predicted octanol–water partition coefficient (Wildman–Crippen LogP) is 2.01. The molecule has 1 unspecified atom stereocenters. The van der Waals surface area contributed by atoms with Gasteiger partial charge in [0.15, 0.2) is 5.84 Å². The number of amidine groups is 1. The highest BCUT2D eigenvalue weighted by Crippen LogP contribution is 2.30. The molecular weight excluding hydrogens is 293 g/mol. The van der Waals surface area contributed by atoms with Gasteiger partial charge < -0.3 is 25.2 Å². The van der Waals surface area contributed by atoms with Crippen molar-refractivity contribution in [2.45, 2.75) is 6.18 Å². The van der Waals surface area contributed by atoms with Gasteiger partial charge in [-0.05, 0) is 0 Å². The summed E-state index contributed by atoms with van der Waals surface area (Å²) < 4.78 is 53.2. The molecule has 1 rings (SSSR count). The van der Waals surface area contributed by atoms with E-state index in [0.717, 1.165) is 0 Å². The van der Waals surface area contributed by atoms with E-state index in [1.54, 1.807) is 0 Å². The lowest BCUT2D eigenvalue weighted by atomic mass is 10.1. The van der Waals surface area contributed by atoms with E-state index in [9.17, 15) is 13.2 Å². The minimum Gasteiger partial charge on any atom is -0.496 e. The summed E-state index contributed by atoms with van der Waals surface area (Å²) in [7, 11) is 2.79. The number of methoxy groups -OCH3 is 2. The van der Waals surface area contributed by atoms with E-state index < -0.39 is 24.5 Å². The van der Waals surface area contributed by atoms with E-state index in [2.05, 4.69) is 5.16 Å². The van der Waals surface area contributed by atoms with Crippen LogP contribution >= 0.6 is 0 Å². The van der Waals surface area contributed by atoms with Crippen LogP contribution in [0.25, 0.3) is 0 Å². The monoisotopic (exact) mass is 308 g/mol. The molecule has 0 aliphatic rings. The Morgan fingerprint density at radius 2 is 1.67 bits per heavy atom. The van der Waals surface area contributed by atoms with Gasteiger partial charge in [0.2, 0.25) is 0 Å². The Balaban J connectivity index is 2.90. The molecule has 1 aromatic carbocycles. The van der Waals surface area contributed by atoms with Gasteiger partial charge in [0.1, 0.15) is 29.8 Å². The van der Waals surface area contributed by atoms with E-state index in [0.29, 0.717) is 11.5 Å². The summed E-state index contributed by atoms with van der Waals surface area (Å²) in [6.45, 7) is -0.838. The number of nitrogens with two attached hydrogens (primary N) is 1. The van der Waals surface area contributed by atoms with Gasteiger partial charge in [0, 0.05) is 18.2 Å². The molecule has 0 amide bonds. The Morgan fingerprint density at radius 3 is 2.05 bits per heavy atom. The summed E-state index contributed by atoms with van der Waals surface area (Å²) >= 11 is 0. The van der Waals surface area contributed by atoms with Gasteiger partial charge in [-0.2, -0.15) is 13.2 Å². The van der Waals surface area contributed by atoms with Crippen molar-refractivity contribution >= 4 is 5.84 Å². The van der Waals surface area contributed by atoms with Crippen molar-refractivity contribution in [3.05, 3.63) is 18.2 Å². The van der Waals surface area contributed by atoms with Crippen LogP contribution in [0.1, 0.15) is 0 Å². The first-order valence-electron chi connectivity index (χ1n) is 5.71. The fourth-order valence-corrected chi connectivity index (χ4v) is 1.46. The number of halogens is 3. The van der Waals surface area contributed by atoms with Gasteiger partial charge in [-0.15, -0.1) is 0 Å². The van der Waals surface area contributed by atoms with Gasteiger partial charge in [-0.3, -0.25) is 0 Å². The largest absolute Gasteiger partial charge is 0.496 e. The lowest BCUT2D eigenvalue weighted by molar-refractivity contribution is -0.162. The maximum atomic E-state index is 12.7. The molecule has 1 atom stereocenters. The second kappa shape index (κ2) is 6.91. The predicted molar refractivity (Wildman–Crippen MR) is 68.0 cm³/mol. The number of ether oxygens (including phenoxy) is 3. The molecule has 3 N–H and O–H groups in total. The van der Waals surface area contributed by atoms with Crippen molar-refractivity contribution in [3.8, 4) is 17.2 Å². The molecule has 118 valence electrons. The summed E-state index contributed by atoms with van der Waals surface area (Å²) in [5.74, 6) is -2.38. The highest BCUT2D eigenvalue weighted by Gasteiger charge is 2.43. The van der Waals surface area contributed by atoms with Crippen LogP contribution in [0, 0.1) is 5.92 Å². The van der Waals surface area contributed by atoms with Crippen molar-refractivity contribution in [1.82, 2.24) is 0 Å². The van der Waals surface area contributed by atoms with Gasteiger partial charge in [-0.25, -0.2) is 0 Å². The number of oxime groups is 1. The molecular formula is C12H15F3N2O4. The first-order chi connectivity index (χ1) is 9.81. The summed E-state index contributed by atoms with van der Waals surface area (Å²) in [5.41, 5.74) is 5.03. The van der Waals surface area contributed by atoms with Crippen LogP contribution < -0.4 is 19.9 Å². The summed E-state index contributed by atoms with van der Waals surface area (Å²) in [5, 5.41) is 10.8. The van der Waals surface area contributed by atoms with Crippen LogP contribution in [0.4, 0.5) is 13.2 Å². The molecule has 0 aliphatic carbocycles. The quantitative estimate of drug-likeness (QED) is 0.363. The highest BCUT2D eigenvalue weighted by atomic mass is 19.4. The minimum absolute atomic E-state index is 0.103. The van der Waals surface area contributed by atoms with E-state index in [4.69, 9.17) is 25.2 Å². The molecule has 0 saturated carbocycles. The third-order valence-corrected chi connectivity index (χ3v) is 2.61. The molecule has 0 heterocycles. The van der Waals surface area contributed by atoms with E-state index in [1.165, 1.54) is 32.4 Å². The van der Waals surface area contributed by atoms with Gasteiger partial charge in [0.25, 0.3) is 0 Å². The average Bonchev–Trinajstić information content (AvgIpc) is 2.45. The zero-order valence-corrected chi connectivity index (χ0v) is 11.3. The van der Waals surface area contributed by atoms with Crippen LogP contribution in [-0.4, -0.2) is 38.0 Å². The van der Waals surface area contributed by atoms with Gasteiger partial charge >= 0.3 is 6.18 Å². The highest BCUT2D eigenvalue weighted by molar-refractivity contribution is 5.83.